The smallest absolute Gasteiger partial charge is 0.407 e. The normalized spacial score (nSPS) is 20.5. The molecule has 10 heteroatoms. The van der Waals surface area contributed by atoms with Gasteiger partial charge >= 0.3 is 6.09 Å². The molecule has 2 fully saturated rings. The van der Waals surface area contributed by atoms with Crippen LogP contribution in [-0.4, -0.2) is 79.9 Å². The molecule has 1 saturated heterocycles. The van der Waals surface area contributed by atoms with Gasteiger partial charge in [0, 0.05) is 37.6 Å². The number of nitrogens with zero attached hydrogens (tertiary/aromatic N) is 2. The van der Waals surface area contributed by atoms with E-state index in [2.05, 4.69) is 17.0 Å². The van der Waals surface area contributed by atoms with Gasteiger partial charge in [0.2, 0.25) is 15.9 Å². The number of likely N-dealkylation sites (tertiary alicyclic amines) is 1. The summed E-state index contributed by atoms with van der Waals surface area (Å²) in [5.74, 6) is 0.400. The standard InChI is InChI=1S/C26H33N3O6S/c1-36(33,34)27-25(30)17-19-7-9-22(10-8-19)35-16-15-28-13-11-21(12-14-28)29(26(31)32)24-18-23(24)20-5-3-2-4-6-20/h2-10,21,23-24H,11-18H2,1H3,(H,27,30)(H,31,32)/t23-,24+/m0/s1. The summed E-state index contributed by atoms with van der Waals surface area (Å²) in [5, 5.41) is 9.89. The van der Waals surface area contributed by atoms with E-state index in [1.807, 2.05) is 22.9 Å². The average molecular weight is 516 g/mol. The number of carbonyl (C=O) groups is 2. The van der Waals surface area contributed by atoms with Crippen LogP contribution in [0.3, 0.4) is 0 Å². The Balaban J connectivity index is 1.18. The van der Waals surface area contributed by atoms with Crippen LogP contribution in [0.5, 0.6) is 5.75 Å². The van der Waals surface area contributed by atoms with E-state index in [0.717, 1.165) is 45.2 Å². The highest BCUT2D eigenvalue weighted by Gasteiger charge is 2.47. The second kappa shape index (κ2) is 11.3. The lowest BCUT2D eigenvalue weighted by molar-refractivity contribution is -0.118. The van der Waals surface area contributed by atoms with Gasteiger partial charge in [0.1, 0.15) is 12.4 Å². The molecule has 194 valence electrons. The average Bonchev–Trinajstić information content (AvgIpc) is 3.61. The van der Waals surface area contributed by atoms with Crippen LogP contribution in [0.15, 0.2) is 54.6 Å². The third-order valence-corrected chi connectivity index (χ3v) is 7.38. The molecule has 36 heavy (non-hydrogen) atoms. The maximum Gasteiger partial charge on any atom is 0.407 e. The number of hydrogen-bond donors (Lipinski definition) is 2. The van der Waals surface area contributed by atoms with E-state index in [0.29, 0.717) is 23.8 Å². The molecule has 0 radical (unpaired) electrons. The first kappa shape index (κ1) is 26.0. The van der Waals surface area contributed by atoms with Gasteiger partial charge in [-0.05, 0) is 42.5 Å². The van der Waals surface area contributed by atoms with E-state index < -0.39 is 22.0 Å². The van der Waals surface area contributed by atoms with E-state index in [1.165, 1.54) is 5.56 Å². The molecule has 0 bridgehead atoms. The molecule has 2 atom stereocenters. The van der Waals surface area contributed by atoms with Gasteiger partial charge < -0.3 is 14.7 Å². The van der Waals surface area contributed by atoms with E-state index in [4.69, 9.17) is 4.74 Å². The first-order valence-corrected chi connectivity index (χ1v) is 14.1. The monoisotopic (exact) mass is 515 g/mol. The number of rotatable bonds is 10. The quantitative estimate of drug-likeness (QED) is 0.500. The van der Waals surface area contributed by atoms with E-state index in [9.17, 15) is 23.1 Å². The molecule has 1 aliphatic heterocycles. The molecule has 2 aliphatic rings. The number of amides is 2. The topological polar surface area (TPSA) is 116 Å². The first-order chi connectivity index (χ1) is 17.2. The highest BCUT2D eigenvalue weighted by Crippen LogP contribution is 2.46. The number of benzene rings is 2. The summed E-state index contributed by atoms with van der Waals surface area (Å²) in [5.41, 5.74) is 1.91. The Bertz CT molecular complexity index is 1150. The highest BCUT2D eigenvalue weighted by atomic mass is 32.2. The number of carbonyl (C=O) groups excluding carboxylic acids is 1. The molecular weight excluding hydrogens is 482 g/mol. The Kier molecular flexibility index (Phi) is 8.15. The molecule has 0 unspecified atom stereocenters. The SMILES string of the molecule is CS(=O)(=O)NC(=O)Cc1ccc(OCCN2CCC(N(C(=O)O)[C@@H]3C[C@H]3c3ccccc3)CC2)cc1. The fourth-order valence-corrected chi connectivity index (χ4v) is 5.45. The van der Waals surface area contributed by atoms with Crippen LogP contribution in [0.25, 0.3) is 0 Å². The number of ether oxygens (including phenoxy) is 1. The maximum absolute atomic E-state index is 12.1. The van der Waals surface area contributed by atoms with Gasteiger partial charge in [-0.15, -0.1) is 0 Å². The summed E-state index contributed by atoms with van der Waals surface area (Å²) in [7, 11) is -3.56. The van der Waals surface area contributed by atoms with Gasteiger partial charge in [-0.3, -0.25) is 14.4 Å². The maximum atomic E-state index is 12.1. The Morgan fingerprint density at radius 2 is 1.75 bits per heavy atom. The van der Waals surface area contributed by atoms with Crippen LogP contribution < -0.4 is 9.46 Å². The minimum absolute atomic E-state index is 0.0252. The molecule has 2 aromatic carbocycles. The molecule has 0 spiro atoms. The van der Waals surface area contributed by atoms with Crippen molar-refractivity contribution in [1.82, 2.24) is 14.5 Å². The number of nitrogens with one attached hydrogen (secondary N) is 1. The predicted molar refractivity (Wildman–Crippen MR) is 136 cm³/mol. The second-order valence-electron chi connectivity index (χ2n) is 9.55. The Labute approximate surface area is 212 Å². The van der Waals surface area contributed by atoms with Crippen LogP contribution in [0.4, 0.5) is 4.79 Å². The van der Waals surface area contributed by atoms with Gasteiger partial charge in [-0.25, -0.2) is 13.2 Å². The van der Waals surface area contributed by atoms with Crippen molar-refractivity contribution in [3.05, 3.63) is 65.7 Å². The van der Waals surface area contributed by atoms with Crippen LogP contribution in [0, 0.1) is 0 Å². The third kappa shape index (κ3) is 7.20. The van der Waals surface area contributed by atoms with Gasteiger partial charge in [-0.2, -0.15) is 0 Å². The zero-order chi connectivity index (χ0) is 25.7. The molecule has 4 rings (SSSR count). The van der Waals surface area contributed by atoms with Gasteiger partial charge in [0.05, 0.1) is 12.7 Å². The fourth-order valence-electron chi connectivity index (χ4n) is 4.96. The second-order valence-corrected chi connectivity index (χ2v) is 11.3. The Morgan fingerprint density at radius 3 is 2.36 bits per heavy atom. The van der Waals surface area contributed by atoms with Crippen molar-refractivity contribution in [2.24, 2.45) is 0 Å². The van der Waals surface area contributed by atoms with Crippen molar-refractivity contribution in [2.45, 2.75) is 43.7 Å². The first-order valence-electron chi connectivity index (χ1n) is 12.2. The molecular formula is C26H33N3O6S. The lowest BCUT2D eigenvalue weighted by Crippen LogP contribution is -2.48. The predicted octanol–water partition coefficient (Wildman–Crippen LogP) is 2.68. The highest BCUT2D eigenvalue weighted by molar-refractivity contribution is 7.89. The van der Waals surface area contributed by atoms with Crippen LogP contribution in [0.2, 0.25) is 0 Å². The van der Waals surface area contributed by atoms with Crippen molar-refractivity contribution in [3.8, 4) is 5.75 Å². The molecule has 1 saturated carbocycles. The number of hydrogen-bond acceptors (Lipinski definition) is 6. The Morgan fingerprint density at radius 1 is 1.08 bits per heavy atom. The van der Waals surface area contributed by atoms with Gasteiger partial charge in [0.25, 0.3) is 0 Å². The summed E-state index contributed by atoms with van der Waals surface area (Å²) in [6.07, 6.45) is 2.62. The lowest BCUT2D eigenvalue weighted by Gasteiger charge is -2.37. The van der Waals surface area contributed by atoms with Crippen molar-refractivity contribution in [2.75, 3.05) is 32.5 Å². The summed E-state index contributed by atoms with van der Waals surface area (Å²) < 4.78 is 30.0. The Hall–Kier alpha value is -3.11. The molecule has 1 heterocycles. The number of sulfonamides is 1. The van der Waals surface area contributed by atoms with Crippen molar-refractivity contribution < 1.29 is 27.9 Å². The molecule has 2 N–H and O–H groups in total. The molecule has 9 nitrogen and oxygen atoms in total. The number of piperidine rings is 1. The minimum atomic E-state index is -3.56. The van der Waals surface area contributed by atoms with E-state index >= 15 is 0 Å². The van der Waals surface area contributed by atoms with Crippen molar-refractivity contribution in [3.63, 3.8) is 0 Å². The third-order valence-electron chi connectivity index (χ3n) is 6.78. The molecule has 1 aliphatic carbocycles. The van der Waals surface area contributed by atoms with E-state index in [1.54, 1.807) is 29.2 Å². The lowest BCUT2D eigenvalue weighted by atomic mass is 10.0. The van der Waals surface area contributed by atoms with Crippen molar-refractivity contribution >= 4 is 22.0 Å². The molecule has 0 aromatic heterocycles. The molecule has 2 aromatic rings. The van der Waals surface area contributed by atoms with Crippen LogP contribution >= 0.6 is 0 Å². The zero-order valence-electron chi connectivity index (χ0n) is 20.4. The summed E-state index contributed by atoms with van der Waals surface area (Å²) in [4.78, 5) is 27.8. The molecule has 2 amide bonds. The summed E-state index contributed by atoms with van der Waals surface area (Å²) in [6.45, 7) is 2.90. The van der Waals surface area contributed by atoms with Gasteiger partial charge in [-0.1, -0.05) is 42.5 Å². The van der Waals surface area contributed by atoms with Crippen LogP contribution in [0.1, 0.15) is 36.3 Å². The van der Waals surface area contributed by atoms with Crippen LogP contribution in [-0.2, 0) is 21.2 Å². The largest absolute Gasteiger partial charge is 0.492 e. The summed E-state index contributed by atoms with van der Waals surface area (Å²) in [6, 6.07) is 17.3. The van der Waals surface area contributed by atoms with Crippen molar-refractivity contribution in [1.29, 1.82) is 0 Å². The zero-order valence-corrected chi connectivity index (χ0v) is 21.2. The number of carboxylic acid groups (broad SMARTS) is 1. The van der Waals surface area contributed by atoms with Gasteiger partial charge in [0.15, 0.2) is 0 Å². The summed E-state index contributed by atoms with van der Waals surface area (Å²) >= 11 is 0. The minimum Gasteiger partial charge on any atom is -0.492 e. The van der Waals surface area contributed by atoms with E-state index in [-0.39, 0.29) is 18.5 Å². The fraction of sp³-hybridized carbons (Fsp3) is 0.462.